The second-order valence-electron chi connectivity index (χ2n) is 6.30. The van der Waals surface area contributed by atoms with Crippen LogP contribution in [0.25, 0.3) is 11.5 Å². The maximum atomic E-state index is 13.2. The van der Waals surface area contributed by atoms with E-state index in [9.17, 15) is 4.39 Å². The molecule has 1 atom stereocenters. The molecule has 0 bridgehead atoms. The normalized spacial score (nSPS) is 12.1. The molecule has 0 saturated heterocycles. The summed E-state index contributed by atoms with van der Waals surface area (Å²) >= 11 is 3.46. The van der Waals surface area contributed by atoms with Crippen molar-refractivity contribution >= 4 is 15.9 Å². The Morgan fingerprint density at radius 1 is 0.893 bits per heavy atom. The van der Waals surface area contributed by atoms with Crippen molar-refractivity contribution in [1.82, 2.24) is 15.5 Å². The molecule has 0 saturated carbocycles. The number of hydrogen-bond donors (Lipinski definition) is 1. The summed E-state index contributed by atoms with van der Waals surface area (Å²) in [7, 11) is 0. The van der Waals surface area contributed by atoms with Gasteiger partial charge in [0, 0.05) is 16.6 Å². The molecule has 0 radical (unpaired) electrons. The molecule has 4 aromatic rings. The summed E-state index contributed by atoms with van der Waals surface area (Å²) in [6, 6.07) is 23.7. The predicted octanol–water partition coefficient (Wildman–Crippen LogP) is 5.52. The molecule has 0 amide bonds. The number of rotatable bonds is 6. The van der Waals surface area contributed by atoms with Crippen LogP contribution in [0.15, 0.2) is 87.8 Å². The molecule has 28 heavy (non-hydrogen) atoms. The Hall–Kier alpha value is -2.83. The highest BCUT2D eigenvalue weighted by Crippen LogP contribution is 2.26. The Bertz CT molecular complexity index is 1030. The number of nitrogens with zero attached hydrogens (tertiary/aromatic N) is 2. The standard InChI is InChI=1S/C22H17BrFN3O/c23-18-10-8-16(9-11-18)20(25-14-15-6-12-19(24)13-7-15)22-27-26-21(28-22)17-4-2-1-3-5-17/h1-13,20,25H,14H2. The fourth-order valence-electron chi connectivity index (χ4n) is 2.87. The van der Waals surface area contributed by atoms with Gasteiger partial charge in [0.1, 0.15) is 11.9 Å². The van der Waals surface area contributed by atoms with E-state index in [1.807, 2.05) is 54.6 Å². The smallest absolute Gasteiger partial charge is 0.247 e. The number of halogens is 2. The SMILES string of the molecule is Fc1ccc(CNC(c2ccc(Br)cc2)c2nnc(-c3ccccc3)o2)cc1. The van der Waals surface area contributed by atoms with Crippen LogP contribution in [0.1, 0.15) is 23.1 Å². The van der Waals surface area contributed by atoms with Crippen LogP contribution in [0, 0.1) is 5.82 Å². The van der Waals surface area contributed by atoms with Crippen LogP contribution in [-0.4, -0.2) is 10.2 Å². The van der Waals surface area contributed by atoms with Gasteiger partial charge in [-0.2, -0.15) is 0 Å². The molecule has 4 rings (SSSR count). The van der Waals surface area contributed by atoms with Gasteiger partial charge in [-0.15, -0.1) is 10.2 Å². The molecule has 0 aliphatic rings. The molecular formula is C22H17BrFN3O. The first-order valence-corrected chi connectivity index (χ1v) is 9.60. The molecule has 1 unspecified atom stereocenters. The van der Waals surface area contributed by atoms with E-state index in [1.54, 1.807) is 12.1 Å². The van der Waals surface area contributed by atoms with Crippen LogP contribution in [0.3, 0.4) is 0 Å². The highest BCUT2D eigenvalue weighted by molar-refractivity contribution is 9.10. The van der Waals surface area contributed by atoms with Crippen LogP contribution in [0.5, 0.6) is 0 Å². The van der Waals surface area contributed by atoms with E-state index in [0.29, 0.717) is 18.3 Å². The van der Waals surface area contributed by atoms with Crippen molar-refractivity contribution in [2.75, 3.05) is 0 Å². The molecular weight excluding hydrogens is 421 g/mol. The molecule has 0 aliphatic carbocycles. The summed E-state index contributed by atoms with van der Waals surface area (Å²) in [5, 5.41) is 11.9. The van der Waals surface area contributed by atoms with Gasteiger partial charge in [0.05, 0.1) is 0 Å². The first-order chi connectivity index (χ1) is 13.7. The largest absolute Gasteiger partial charge is 0.419 e. The van der Waals surface area contributed by atoms with Gasteiger partial charge in [0.15, 0.2) is 0 Å². The van der Waals surface area contributed by atoms with Crippen molar-refractivity contribution in [2.45, 2.75) is 12.6 Å². The zero-order valence-corrected chi connectivity index (χ0v) is 16.4. The maximum Gasteiger partial charge on any atom is 0.247 e. The number of nitrogens with one attached hydrogen (secondary N) is 1. The van der Waals surface area contributed by atoms with Crippen molar-refractivity contribution in [3.05, 3.63) is 106 Å². The Kier molecular flexibility index (Phi) is 5.60. The minimum absolute atomic E-state index is 0.252. The van der Waals surface area contributed by atoms with Crippen LogP contribution < -0.4 is 5.32 Å². The lowest BCUT2D eigenvalue weighted by Crippen LogP contribution is -2.22. The van der Waals surface area contributed by atoms with Crippen molar-refractivity contribution < 1.29 is 8.81 Å². The molecule has 1 N–H and O–H groups in total. The van der Waals surface area contributed by atoms with Gasteiger partial charge in [-0.1, -0.05) is 58.4 Å². The molecule has 3 aromatic carbocycles. The topological polar surface area (TPSA) is 51.0 Å². The molecule has 140 valence electrons. The Balaban J connectivity index is 1.62. The molecule has 0 spiro atoms. The maximum absolute atomic E-state index is 13.2. The molecule has 1 aromatic heterocycles. The van der Waals surface area contributed by atoms with Gasteiger partial charge in [-0.05, 0) is 47.5 Å². The minimum Gasteiger partial charge on any atom is -0.419 e. The summed E-state index contributed by atoms with van der Waals surface area (Å²) in [6.45, 7) is 0.532. The van der Waals surface area contributed by atoms with Gasteiger partial charge in [-0.3, -0.25) is 5.32 Å². The third kappa shape index (κ3) is 4.35. The third-order valence-electron chi connectivity index (χ3n) is 4.34. The Labute approximate surface area is 170 Å². The van der Waals surface area contributed by atoms with E-state index in [1.165, 1.54) is 12.1 Å². The lowest BCUT2D eigenvalue weighted by atomic mass is 10.1. The summed E-state index contributed by atoms with van der Waals surface area (Å²) in [4.78, 5) is 0. The van der Waals surface area contributed by atoms with Gasteiger partial charge >= 0.3 is 0 Å². The first kappa shape index (κ1) is 18.5. The Morgan fingerprint density at radius 2 is 1.61 bits per heavy atom. The fraction of sp³-hybridized carbons (Fsp3) is 0.0909. The minimum atomic E-state index is -0.289. The predicted molar refractivity (Wildman–Crippen MR) is 109 cm³/mol. The lowest BCUT2D eigenvalue weighted by molar-refractivity contribution is 0.438. The quantitative estimate of drug-likeness (QED) is 0.431. The highest BCUT2D eigenvalue weighted by atomic mass is 79.9. The monoisotopic (exact) mass is 437 g/mol. The molecule has 6 heteroatoms. The second kappa shape index (κ2) is 8.46. The molecule has 0 fully saturated rings. The van der Waals surface area contributed by atoms with E-state index in [-0.39, 0.29) is 11.9 Å². The van der Waals surface area contributed by atoms with Crippen LogP contribution in [0.4, 0.5) is 4.39 Å². The molecule has 4 nitrogen and oxygen atoms in total. The zero-order chi connectivity index (χ0) is 19.3. The van der Waals surface area contributed by atoms with Crippen molar-refractivity contribution in [1.29, 1.82) is 0 Å². The summed E-state index contributed by atoms with van der Waals surface area (Å²) in [5.41, 5.74) is 2.83. The van der Waals surface area contributed by atoms with Crippen molar-refractivity contribution in [3.63, 3.8) is 0 Å². The number of benzene rings is 3. The second-order valence-corrected chi connectivity index (χ2v) is 7.22. The summed E-state index contributed by atoms with van der Waals surface area (Å²) in [6.07, 6.45) is 0. The van der Waals surface area contributed by atoms with Gasteiger partial charge in [0.25, 0.3) is 0 Å². The number of hydrogen-bond acceptors (Lipinski definition) is 4. The first-order valence-electron chi connectivity index (χ1n) is 8.81. The third-order valence-corrected chi connectivity index (χ3v) is 4.86. The zero-order valence-electron chi connectivity index (χ0n) is 14.8. The van der Waals surface area contributed by atoms with Crippen molar-refractivity contribution in [2.24, 2.45) is 0 Å². The highest BCUT2D eigenvalue weighted by Gasteiger charge is 2.21. The van der Waals surface area contributed by atoms with Crippen LogP contribution >= 0.6 is 15.9 Å². The van der Waals surface area contributed by atoms with Crippen molar-refractivity contribution in [3.8, 4) is 11.5 Å². The van der Waals surface area contributed by atoms with E-state index in [0.717, 1.165) is 21.2 Å². The summed E-state index contributed by atoms with van der Waals surface area (Å²) < 4.78 is 20.1. The van der Waals surface area contributed by atoms with Gasteiger partial charge in [-0.25, -0.2) is 4.39 Å². The van der Waals surface area contributed by atoms with E-state index in [4.69, 9.17) is 4.42 Å². The lowest BCUT2D eigenvalue weighted by Gasteiger charge is -2.16. The Morgan fingerprint density at radius 3 is 2.32 bits per heavy atom. The fourth-order valence-corrected chi connectivity index (χ4v) is 3.14. The van der Waals surface area contributed by atoms with Gasteiger partial charge in [0.2, 0.25) is 11.8 Å². The van der Waals surface area contributed by atoms with Gasteiger partial charge < -0.3 is 4.42 Å². The van der Waals surface area contributed by atoms with E-state index < -0.39 is 0 Å². The molecule has 1 heterocycles. The summed E-state index contributed by atoms with van der Waals surface area (Å²) in [5.74, 6) is 0.696. The molecule has 0 aliphatic heterocycles. The van der Waals surface area contributed by atoms with Crippen LogP contribution in [-0.2, 0) is 6.54 Å². The average molecular weight is 438 g/mol. The number of aromatic nitrogens is 2. The van der Waals surface area contributed by atoms with Crippen LogP contribution in [0.2, 0.25) is 0 Å². The average Bonchev–Trinajstić information content (AvgIpc) is 3.21. The van der Waals surface area contributed by atoms with E-state index >= 15 is 0 Å². The van der Waals surface area contributed by atoms with E-state index in [2.05, 4.69) is 31.4 Å².